The van der Waals surface area contributed by atoms with Gasteiger partial charge in [0, 0.05) is 45.7 Å². The van der Waals surface area contributed by atoms with Crippen molar-refractivity contribution in [1.29, 1.82) is 0 Å². The monoisotopic (exact) mass is 343 g/mol. The van der Waals surface area contributed by atoms with Crippen LogP contribution in [0, 0.1) is 0 Å². The van der Waals surface area contributed by atoms with E-state index in [-0.39, 0.29) is 0 Å². The zero-order valence-electron chi connectivity index (χ0n) is 15.6. The van der Waals surface area contributed by atoms with Crippen LogP contribution in [0.2, 0.25) is 0 Å². The van der Waals surface area contributed by atoms with Gasteiger partial charge in [-0.1, -0.05) is 62.2 Å². The maximum absolute atomic E-state index is 12.2. The molecule has 0 atom stereocenters. The summed E-state index contributed by atoms with van der Waals surface area (Å²) in [5.41, 5.74) is 1.24. The van der Waals surface area contributed by atoms with Crippen molar-refractivity contribution in [3.05, 3.63) is 42.0 Å². The number of amides is 1. The third-order valence-electron chi connectivity index (χ3n) is 4.67. The van der Waals surface area contributed by atoms with Gasteiger partial charge in [-0.25, -0.2) is 0 Å². The van der Waals surface area contributed by atoms with Crippen LogP contribution in [0.15, 0.2) is 36.4 Å². The Hall–Kier alpha value is -1.65. The van der Waals surface area contributed by atoms with Crippen molar-refractivity contribution >= 4 is 12.0 Å². The van der Waals surface area contributed by atoms with Crippen molar-refractivity contribution in [3.63, 3.8) is 0 Å². The van der Waals surface area contributed by atoms with Gasteiger partial charge in [0.05, 0.1) is 0 Å². The number of piperazine rings is 1. The summed E-state index contributed by atoms with van der Waals surface area (Å²) in [5.74, 6) is 0.294. The molecule has 1 aromatic rings. The number of hydrogen-bond acceptors (Lipinski definition) is 3. The van der Waals surface area contributed by atoms with E-state index in [4.69, 9.17) is 0 Å². The van der Waals surface area contributed by atoms with Crippen LogP contribution >= 0.6 is 0 Å². The van der Waals surface area contributed by atoms with Crippen molar-refractivity contribution in [2.75, 3.05) is 45.8 Å². The summed E-state index contributed by atoms with van der Waals surface area (Å²) in [6.07, 6.45) is 8.72. The minimum absolute atomic E-state index is 0.294. The predicted octanol–water partition coefficient (Wildman–Crippen LogP) is 3.01. The fourth-order valence-electron chi connectivity index (χ4n) is 3.06. The van der Waals surface area contributed by atoms with Gasteiger partial charge in [0.2, 0.25) is 5.91 Å². The molecule has 1 aliphatic rings. The van der Waals surface area contributed by atoms with Crippen molar-refractivity contribution < 1.29 is 4.79 Å². The van der Waals surface area contributed by atoms with Crippen LogP contribution in [0.4, 0.5) is 0 Å². The van der Waals surface area contributed by atoms with Crippen LogP contribution in [0.5, 0.6) is 0 Å². The normalized spacial score (nSPS) is 15.8. The molecule has 0 radical (unpaired) electrons. The average molecular weight is 344 g/mol. The maximum atomic E-state index is 12.2. The Morgan fingerprint density at radius 3 is 2.56 bits per heavy atom. The molecule has 4 nitrogen and oxygen atoms in total. The van der Waals surface area contributed by atoms with Gasteiger partial charge in [0.15, 0.2) is 0 Å². The molecule has 0 unspecified atom stereocenters. The van der Waals surface area contributed by atoms with E-state index in [1.54, 1.807) is 0 Å². The van der Waals surface area contributed by atoms with Gasteiger partial charge < -0.3 is 10.2 Å². The Morgan fingerprint density at radius 2 is 1.84 bits per heavy atom. The Bertz CT molecular complexity index is 507. The summed E-state index contributed by atoms with van der Waals surface area (Å²) in [6.45, 7) is 8.65. The average Bonchev–Trinajstić information content (AvgIpc) is 2.66. The standard InChI is InChI=1S/C21H33N3O/c1-2-3-7-13-22-14-12-21(25)24-18-16-23(17-19-24)15-8-11-20-9-5-4-6-10-20/h4-6,8-11,22H,2-3,7,12-19H2,1H3/b11-8+. The molecular formula is C21H33N3O. The molecule has 138 valence electrons. The predicted molar refractivity (Wildman–Crippen MR) is 106 cm³/mol. The first-order valence-corrected chi connectivity index (χ1v) is 9.72. The smallest absolute Gasteiger partial charge is 0.223 e. The molecule has 1 heterocycles. The molecule has 25 heavy (non-hydrogen) atoms. The van der Waals surface area contributed by atoms with E-state index >= 15 is 0 Å². The summed E-state index contributed by atoms with van der Waals surface area (Å²) in [5, 5.41) is 3.38. The molecule has 4 heteroatoms. The Kier molecular flexibility index (Phi) is 9.31. The highest BCUT2D eigenvalue weighted by atomic mass is 16.2. The summed E-state index contributed by atoms with van der Waals surface area (Å²) in [4.78, 5) is 16.7. The van der Waals surface area contributed by atoms with E-state index in [2.05, 4.69) is 53.6 Å². The first-order chi connectivity index (χ1) is 12.3. The molecule has 2 rings (SSSR count). The van der Waals surface area contributed by atoms with Crippen LogP contribution in [0.3, 0.4) is 0 Å². The van der Waals surface area contributed by atoms with Gasteiger partial charge in [0.1, 0.15) is 0 Å². The molecule has 1 N–H and O–H groups in total. The number of carbonyl (C=O) groups excluding carboxylic acids is 1. The van der Waals surface area contributed by atoms with Gasteiger partial charge in [-0.3, -0.25) is 9.69 Å². The minimum Gasteiger partial charge on any atom is -0.340 e. The zero-order valence-corrected chi connectivity index (χ0v) is 15.6. The van der Waals surface area contributed by atoms with Crippen LogP contribution in [0.1, 0.15) is 38.2 Å². The van der Waals surface area contributed by atoms with E-state index in [0.29, 0.717) is 12.3 Å². The molecule has 0 aliphatic carbocycles. The second-order valence-corrected chi connectivity index (χ2v) is 6.70. The van der Waals surface area contributed by atoms with Crippen molar-refractivity contribution in [2.45, 2.75) is 32.6 Å². The fourth-order valence-corrected chi connectivity index (χ4v) is 3.06. The van der Waals surface area contributed by atoms with Crippen LogP contribution in [0.25, 0.3) is 6.08 Å². The third kappa shape index (κ3) is 7.84. The molecule has 1 aliphatic heterocycles. The van der Waals surface area contributed by atoms with Crippen molar-refractivity contribution in [1.82, 2.24) is 15.1 Å². The number of rotatable bonds is 10. The summed E-state index contributed by atoms with van der Waals surface area (Å²) >= 11 is 0. The lowest BCUT2D eigenvalue weighted by Crippen LogP contribution is -2.49. The first kappa shape index (κ1) is 19.7. The van der Waals surface area contributed by atoms with E-state index in [1.807, 2.05) is 11.0 Å². The zero-order chi connectivity index (χ0) is 17.7. The van der Waals surface area contributed by atoms with Crippen molar-refractivity contribution in [2.24, 2.45) is 0 Å². The van der Waals surface area contributed by atoms with E-state index in [1.165, 1.54) is 24.8 Å². The van der Waals surface area contributed by atoms with Gasteiger partial charge >= 0.3 is 0 Å². The number of unbranched alkanes of at least 4 members (excludes halogenated alkanes) is 2. The topological polar surface area (TPSA) is 35.6 Å². The quantitative estimate of drug-likeness (QED) is 0.663. The Balaban J connectivity index is 1.57. The molecule has 0 saturated carbocycles. The first-order valence-electron chi connectivity index (χ1n) is 9.72. The SMILES string of the molecule is CCCCCNCCC(=O)N1CCN(C/C=C/c2ccccc2)CC1. The molecule has 1 fully saturated rings. The number of hydrogen-bond donors (Lipinski definition) is 1. The fraction of sp³-hybridized carbons (Fsp3) is 0.571. The van der Waals surface area contributed by atoms with E-state index in [0.717, 1.165) is 45.8 Å². The van der Waals surface area contributed by atoms with Crippen LogP contribution in [-0.2, 0) is 4.79 Å². The molecule has 0 spiro atoms. The summed E-state index contributed by atoms with van der Waals surface area (Å²) in [6, 6.07) is 10.4. The summed E-state index contributed by atoms with van der Waals surface area (Å²) in [7, 11) is 0. The van der Waals surface area contributed by atoms with Crippen molar-refractivity contribution in [3.8, 4) is 0 Å². The minimum atomic E-state index is 0.294. The Morgan fingerprint density at radius 1 is 1.08 bits per heavy atom. The van der Waals surface area contributed by atoms with Gasteiger partial charge in [-0.05, 0) is 18.5 Å². The van der Waals surface area contributed by atoms with Crippen LogP contribution < -0.4 is 5.32 Å². The molecule has 0 bridgehead atoms. The second kappa shape index (κ2) is 11.8. The number of benzene rings is 1. The number of nitrogens with zero attached hydrogens (tertiary/aromatic N) is 2. The van der Waals surface area contributed by atoms with Crippen LogP contribution in [-0.4, -0.2) is 61.5 Å². The van der Waals surface area contributed by atoms with Gasteiger partial charge in [-0.15, -0.1) is 0 Å². The van der Waals surface area contributed by atoms with Gasteiger partial charge in [-0.2, -0.15) is 0 Å². The maximum Gasteiger partial charge on any atom is 0.223 e. The highest BCUT2D eigenvalue weighted by Crippen LogP contribution is 2.05. The Labute approximate surface area is 152 Å². The lowest BCUT2D eigenvalue weighted by Gasteiger charge is -2.34. The lowest BCUT2D eigenvalue weighted by atomic mass is 10.2. The highest BCUT2D eigenvalue weighted by Gasteiger charge is 2.19. The largest absolute Gasteiger partial charge is 0.340 e. The number of carbonyl (C=O) groups is 1. The third-order valence-corrected chi connectivity index (χ3v) is 4.67. The van der Waals surface area contributed by atoms with E-state index < -0.39 is 0 Å². The number of nitrogens with one attached hydrogen (secondary N) is 1. The van der Waals surface area contributed by atoms with Gasteiger partial charge in [0.25, 0.3) is 0 Å². The second-order valence-electron chi connectivity index (χ2n) is 6.70. The molecule has 1 amide bonds. The highest BCUT2D eigenvalue weighted by molar-refractivity contribution is 5.76. The summed E-state index contributed by atoms with van der Waals surface area (Å²) < 4.78 is 0. The lowest BCUT2D eigenvalue weighted by molar-refractivity contribution is -0.132. The molecular weight excluding hydrogens is 310 g/mol. The molecule has 0 aromatic heterocycles. The molecule has 1 aromatic carbocycles. The molecule has 1 saturated heterocycles. The van der Waals surface area contributed by atoms with E-state index in [9.17, 15) is 4.79 Å².